The molecule has 0 aliphatic heterocycles. The first-order valence-corrected chi connectivity index (χ1v) is 5.99. The van der Waals surface area contributed by atoms with E-state index < -0.39 is 0 Å². The molecule has 0 amide bonds. The van der Waals surface area contributed by atoms with Crippen molar-refractivity contribution in [2.45, 2.75) is 6.42 Å². The van der Waals surface area contributed by atoms with Crippen LogP contribution < -0.4 is 10.5 Å². The molecule has 0 saturated carbocycles. The molecule has 0 atom stereocenters. The van der Waals surface area contributed by atoms with Gasteiger partial charge in [-0.2, -0.15) is 0 Å². The Labute approximate surface area is 103 Å². The van der Waals surface area contributed by atoms with Gasteiger partial charge >= 0.3 is 0 Å². The normalized spacial score (nSPS) is 11.0. The fourth-order valence-electron chi connectivity index (χ4n) is 1.97. The summed E-state index contributed by atoms with van der Waals surface area (Å²) in [6, 6.07) is 6.08. The van der Waals surface area contributed by atoms with Gasteiger partial charge in [0.2, 0.25) is 0 Å². The molecular formula is C12H15BrN2O. The summed E-state index contributed by atoms with van der Waals surface area (Å²) in [6.45, 7) is 0.653. The molecule has 0 aliphatic carbocycles. The highest BCUT2D eigenvalue weighted by Gasteiger charge is 2.12. The van der Waals surface area contributed by atoms with Crippen LogP contribution in [-0.2, 0) is 13.5 Å². The minimum atomic E-state index is 0.653. The Morgan fingerprint density at radius 1 is 1.44 bits per heavy atom. The summed E-state index contributed by atoms with van der Waals surface area (Å²) in [5.41, 5.74) is 8.04. The SMILES string of the molecule is COc1ccc2c(c1)c(Br)c(CCN)n2C. The second kappa shape index (κ2) is 4.47. The van der Waals surface area contributed by atoms with Crippen LogP contribution in [0.5, 0.6) is 5.75 Å². The maximum Gasteiger partial charge on any atom is 0.119 e. The fraction of sp³-hybridized carbons (Fsp3) is 0.333. The zero-order valence-electron chi connectivity index (χ0n) is 9.46. The molecule has 2 aromatic rings. The Hall–Kier alpha value is -1.00. The standard InChI is InChI=1S/C12H15BrN2O/c1-15-10-4-3-8(16-2)7-9(10)12(13)11(15)5-6-14/h3-4,7H,5-6,14H2,1-2H3. The largest absolute Gasteiger partial charge is 0.497 e. The van der Waals surface area contributed by atoms with Gasteiger partial charge in [-0.15, -0.1) is 0 Å². The number of hydrogen-bond acceptors (Lipinski definition) is 2. The van der Waals surface area contributed by atoms with Crippen LogP contribution in [0.4, 0.5) is 0 Å². The molecule has 0 radical (unpaired) electrons. The van der Waals surface area contributed by atoms with Crippen LogP contribution in [0, 0.1) is 0 Å². The predicted octanol–water partition coefficient (Wildman–Crippen LogP) is 2.45. The Morgan fingerprint density at radius 2 is 2.19 bits per heavy atom. The Balaban J connectivity index is 2.67. The van der Waals surface area contributed by atoms with Crippen molar-refractivity contribution in [1.82, 2.24) is 4.57 Å². The number of nitrogens with zero attached hydrogens (tertiary/aromatic N) is 1. The summed E-state index contributed by atoms with van der Waals surface area (Å²) in [7, 11) is 3.74. The summed E-state index contributed by atoms with van der Waals surface area (Å²) in [5, 5.41) is 1.17. The number of aromatic nitrogens is 1. The average molecular weight is 283 g/mol. The van der Waals surface area contributed by atoms with E-state index in [2.05, 4.69) is 33.6 Å². The van der Waals surface area contributed by atoms with Crippen LogP contribution in [0.2, 0.25) is 0 Å². The molecule has 1 aromatic heterocycles. The van der Waals surface area contributed by atoms with Crippen LogP contribution in [0.3, 0.4) is 0 Å². The molecule has 0 saturated heterocycles. The van der Waals surface area contributed by atoms with Crippen molar-refractivity contribution in [3.63, 3.8) is 0 Å². The van der Waals surface area contributed by atoms with Gasteiger partial charge in [-0.05, 0) is 40.7 Å². The van der Waals surface area contributed by atoms with E-state index in [1.807, 2.05) is 12.1 Å². The van der Waals surface area contributed by atoms with Gasteiger partial charge in [0.05, 0.1) is 7.11 Å². The molecule has 0 bridgehead atoms. The van der Waals surface area contributed by atoms with Crippen LogP contribution >= 0.6 is 15.9 Å². The number of ether oxygens (including phenoxy) is 1. The van der Waals surface area contributed by atoms with E-state index in [-0.39, 0.29) is 0 Å². The number of nitrogens with two attached hydrogens (primary N) is 1. The number of halogens is 1. The number of rotatable bonds is 3. The first-order chi connectivity index (χ1) is 7.69. The van der Waals surface area contributed by atoms with Crippen molar-refractivity contribution in [2.75, 3.05) is 13.7 Å². The zero-order chi connectivity index (χ0) is 11.7. The number of aryl methyl sites for hydroxylation is 1. The molecule has 16 heavy (non-hydrogen) atoms. The fourth-order valence-corrected chi connectivity index (χ4v) is 2.75. The van der Waals surface area contributed by atoms with Crippen LogP contribution in [0.25, 0.3) is 10.9 Å². The highest BCUT2D eigenvalue weighted by atomic mass is 79.9. The third-order valence-corrected chi connectivity index (χ3v) is 3.73. The third-order valence-electron chi connectivity index (χ3n) is 2.84. The van der Waals surface area contributed by atoms with E-state index in [1.54, 1.807) is 7.11 Å². The minimum Gasteiger partial charge on any atom is -0.497 e. The first-order valence-electron chi connectivity index (χ1n) is 5.20. The van der Waals surface area contributed by atoms with Crippen molar-refractivity contribution in [3.05, 3.63) is 28.4 Å². The minimum absolute atomic E-state index is 0.653. The molecule has 0 unspecified atom stereocenters. The highest BCUT2D eigenvalue weighted by Crippen LogP contribution is 2.32. The molecule has 3 nitrogen and oxygen atoms in total. The van der Waals surface area contributed by atoms with E-state index in [0.29, 0.717) is 6.54 Å². The van der Waals surface area contributed by atoms with Crippen molar-refractivity contribution >= 4 is 26.8 Å². The lowest BCUT2D eigenvalue weighted by molar-refractivity contribution is 0.415. The average Bonchev–Trinajstić information content (AvgIpc) is 2.54. The van der Waals surface area contributed by atoms with Crippen LogP contribution in [0.15, 0.2) is 22.7 Å². The molecule has 86 valence electrons. The highest BCUT2D eigenvalue weighted by molar-refractivity contribution is 9.10. The Kier molecular flexibility index (Phi) is 3.21. The van der Waals surface area contributed by atoms with Gasteiger partial charge in [0.1, 0.15) is 5.75 Å². The molecule has 4 heteroatoms. The second-order valence-electron chi connectivity index (χ2n) is 3.74. The zero-order valence-corrected chi connectivity index (χ0v) is 11.0. The number of benzene rings is 1. The van der Waals surface area contributed by atoms with E-state index in [1.165, 1.54) is 16.6 Å². The quantitative estimate of drug-likeness (QED) is 0.940. The summed E-state index contributed by atoms with van der Waals surface area (Å²) in [4.78, 5) is 0. The Morgan fingerprint density at radius 3 is 2.81 bits per heavy atom. The summed E-state index contributed by atoms with van der Waals surface area (Å²) >= 11 is 3.64. The third kappa shape index (κ3) is 1.72. The molecule has 0 fully saturated rings. The van der Waals surface area contributed by atoms with Crippen LogP contribution in [-0.4, -0.2) is 18.2 Å². The topological polar surface area (TPSA) is 40.2 Å². The van der Waals surface area contributed by atoms with Crippen molar-refractivity contribution < 1.29 is 4.74 Å². The van der Waals surface area contributed by atoms with Crippen molar-refractivity contribution in [3.8, 4) is 5.75 Å². The van der Waals surface area contributed by atoms with Gasteiger partial charge in [0.15, 0.2) is 0 Å². The lowest BCUT2D eigenvalue weighted by Gasteiger charge is -2.02. The first kappa shape index (κ1) is 11.5. The Bertz CT molecular complexity index is 519. The van der Waals surface area contributed by atoms with Crippen molar-refractivity contribution in [1.29, 1.82) is 0 Å². The smallest absolute Gasteiger partial charge is 0.119 e. The molecule has 1 heterocycles. The van der Waals surface area contributed by atoms with Gasteiger partial charge in [-0.3, -0.25) is 0 Å². The monoisotopic (exact) mass is 282 g/mol. The van der Waals surface area contributed by atoms with E-state index >= 15 is 0 Å². The lowest BCUT2D eigenvalue weighted by atomic mass is 10.2. The van der Waals surface area contributed by atoms with Gasteiger partial charge in [-0.25, -0.2) is 0 Å². The van der Waals surface area contributed by atoms with Gasteiger partial charge < -0.3 is 15.0 Å². The molecule has 2 rings (SSSR count). The lowest BCUT2D eigenvalue weighted by Crippen LogP contribution is -2.06. The van der Waals surface area contributed by atoms with Gasteiger partial charge in [0, 0.05) is 34.5 Å². The van der Waals surface area contributed by atoms with Gasteiger partial charge in [0.25, 0.3) is 0 Å². The molecule has 1 aromatic carbocycles. The van der Waals surface area contributed by atoms with Crippen molar-refractivity contribution in [2.24, 2.45) is 12.8 Å². The second-order valence-corrected chi connectivity index (χ2v) is 4.53. The van der Waals surface area contributed by atoms with Crippen LogP contribution in [0.1, 0.15) is 5.69 Å². The van der Waals surface area contributed by atoms with Gasteiger partial charge in [-0.1, -0.05) is 0 Å². The molecule has 0 spiro atoms. The predicted molar refractivity (Wildman–Crippen MR) is 69.9 cm³/mol. The summed E-state index contributed by atoms with van der Waals surface area (Å²) in [6.07, 6.45) is 0.869. The number of fused-ring (bicyclic) bond motifs is 1. The molecule has 0 aliphatic rings. The maximum atomic E-state index is 5.62. The molecule has 2 N–H and O–H groups in total. The van der Waals surface area contributed by atoms with E-state index in [9.17, 15) is 0 Å². The maximum absolute atomic E-state index is 5.62. The number of methoxy groups -OCH3 is 1. The molecular weight excluding hydrogens is 268 g/mol. The number of hydrogen-bond donors (Lipinski definition) is 1. The summed E-state index contributed by atoms with van der Waals surface area (Å²) in [5.74, 6) is 0.873. The van der Waals surface area contributed by atoms with E-state index in [4.69, 9.17) is 10.5 Å². The van der Waals surface area contributed by atoms with E-state index in [0.717, 1.165) is 16.6 Å². The summed E-state index contributed by atoms with van der Waals surface area (Å²) < 4.78 is 8.52.